The van der Waals surface area contributed by atoms with Gasteiger partial charge in [0.15, 0.2) is 0 Å². The van der Waals surface area contributed by atoms with Crippen LogP contribution in [0.3, 0.4) is 0 Å². The molecule has 0 radical (unpaired) electrons. The molecule has 0 N–H and O–H groups in total. The van der Waals surface area contributed by atoms with E-state index in [0.717, 1.165) is 12.8 Å². The summed E-state index contributed by atoms with van der Waals surface area (Å²) in [6.07, 6.45) is 4.56. The maximum absolute atomic E-state index is 11.8. The molecule has 1 aliphatic heterocycles. The largest absolute Gasteiger partial charge is 0.325 e. The Kier molecular flexibility index (Phi) is 2.63. The lowest BCUT2D eigenvalue weighted by molar-refractivity contribution is -0.132. The van der Waals surface area contributed by atoms with Crippen LogP contribution in [-0.4, -0.2) is 38.2 Å². The van der Waals surface area contributed by atoms with Crippen molar-refractivity contribution < 1.29 is 4.79 Å². The second-order valence-corrected chi connectivity index (χ2v) is 3.47. The van der Waals surface area contributed by atoms with Gasteiger partial charge in [-0.25, -0.2) is 9.67 Å². The molecule has 1 aromatic rings. The summed E-state index contributed by atoms with van der Waals surface area (Å²) in [4.78, 5) is 17.1. The highest BCUT2D eigenvalue weighted by molar-refractivity contribution is 5.76. The molecule has 1 aromatic heterocycles. The first-order valence-electron chi connectivity index (χ1n) is 4.83. The van der Waals surface area contributed by atoms with Crippen molar-refractivity contribution in [2.75, 3.05) is 6.54 Å². The lowest BCUT2D eigenvalue weighted by Crippen LogP contribution is -2.37. The van der Waals surface area contributed by atoms with Crippen LogP contribution in [0.15, 0.2) is 12.7 Å². The molecule has 1 amide bonds. The van der Waals surface area contributed by atoms with Crippen LogP contribution in [0, 0.1) is 11.3 Å². The Balaban J connectivity index is 1.99. The third-order valence-corrected chi connectivity index (χ3v) is 2.49. The number of hydrogen-bond donors (Lipinski definition) is 0. The van der Waals surface area contributed by atoms with Crippen LogP contribution in [0.25, 0.3) is 0 Å². The van der Waals surface area contributed by atoms with Crippen molar-refractivity contribution in [3.05, 3.63) is 12.7 Å². The second-order valence-electron chi connectivity index (χ2n) is 3.47. The van der Waals surface area contributed by atoms with Gasteiger partial charge in [-0.15, -0.1) is 0 Å². The van der Waals surface area contributed by atoms with Gasteiger partial charge < -0.3 is 4.90 Å². The summed E-state index contributed by atoms with van der Waals surface area (Å²) in [7, 11) is 0. The molecule has 1 atom stereocenters. The van der Waals surface area contributed by atoms with E-state index in [0.29, 0.717) is 6.54 Å². The first-order chi connectivity index (χ1) is 7.31. The van der Waals surface area contributed by atoms with Crippen LogP contribution >= 0.6 is 0 Å². The molecular formula is C9H11N5O. The van der Waals surface area contributed by atoms with Gasteiger partial charge in [0.25, 0.3) is 0 Å². The van der Waals surface area contributed by atoms with E-state index in [-0.39, 0.29) is 18.5 Å². The Hall–Kier alpha value is -1.90. The zero-order valence-electron chi connectivity index (χ0n) is 8.20. The Morgan fingerprint density at radius 1 is 1.67 bits per heavy atom. The summed E-state index contributed by atoms with van der Waals surface area (Å²) in [5.74, 6) is -0.0652. The van der Waals surface area contributed by atoms with Crippen molar-refractivity contribution >= 4 is 5.91 Å². The van der Waals surface area contributed by atoms with E-state index in [4.69, 9.17) is 5.26 Å². The van der Waals surface area contributed by atoms with Gasteiger partial charge >= 0.3 is 0 Å². The van der Waals surface area contributed by atoms with Gasteiger partial charge in [0.2, 0.25) is 5.91 Å². The number of amides is 1. The van der Waals surface area contributed by atoms with E-state index in [2.05, 4.69) is 16.2 Å². The molecule has 0 spiro atoms. The number of hydrogen-bond acceptors (Lipinski definition) is 4. The summed E-state index contributed by atoms with van der Waals surface area (Å²) in [5, 5.41) is 12.7. The number of rotatable bonds is 2. The predicted octanol–water partition coefficient (Wildman–Crippen LogP) is -0.207. The van der Waals surface area contributed by atoms with Crippen molar-refractivity contribution in [3.8, 4) is 6.07 Å². The molecular weight excluding hydrogens is 194 g/mol. The molecule has 1 unspecified atom stereocenters. The van der Waals surface area contributed by atoms with Gasteiger partial charge in [0.05, 0.1) is 6.07 Å². The maximum atomic E-state index is 11.8. The maximum Gasteiger partial charge on any atom is 0.245 e. The molecule has 1 aliphatic rings. The van der Waals surface area contributed by atoms with Crippen LogP contribution in [0.1, 0.15) is 12.8 Å². The minimum absolute atomic E-state index is 0.0652. The first kappa shape index (κ1) is 9.65. The van der Waals surface area contributed by atoms with Crippen molar-refractivity contribution in [2.24, 2.45) is 0 Å². The molecule has 0 aliphatic carbocycles. The Morgan fingerprint density at radius 2 is 2.53 bits per heavy atom. The highest BCUT2D eigenvalue weighted by Gasteiger charge is 2.28. The standard InChI is InChI=1S/C9H11N5O/c10-4-8-2-1-3-14(8)9(15)5-13-7-11-6-12-13/h6-8H,1-3,5H2. The number of likely N-dealkylation sites (tertiary alicyclic amines) is 1. The summed E-state index contributed by atoms with van der Waals surface area (Å²) in [5.41, 5.74) is 0. The lowest BCUT2D eigenvalue weighted by atomic mass is 10.2. The van der Waals surface area contributed by atoms with Crippen molar-refractivity contribution in [1.82, 2.24) is 19.7 Å². The van der Waals surface area contributed by atoms with Crippen LogP contribution in [-0.2, 0) is 11.3 Å². The second kappa shape index (κ2) is 4.09. The van der Waals surface area contributed by atoms with Crippen molar-refractivity contribution in [2.45, 2.75) is 25.4 Å². The fourth-order valence-corrected chi connectivity index (χ4v) is 1.74. The SMILES string of the molecule is N#CC1CCCN1C(=O)Cn1cncn1. The van der Waals surface area contributed by atoms with Gasteiger partial charge in [-0.3, -0.25) is 4.79 Å². The highest BCUT2D eigenvalue weighted by atomic mass is 16.2. The van der Waals surface area contributed by atoms with Crippen LogP contribution in [0.2, 0.25) is 0 Å². The topological polar surface area (TPSA) is 74.8 Å². The Labute approximate surface area is 87.1 Å². The summed E-state index contributed by atoms with van der Waals surface area (Å²) in [6.45, 7) is 0.837. The molecule has 0 aromatic carbocycles. The van der Waals surface area contributed by atoms with E-state index in [9.17, 15) is 4.79 Å². The molecule has 2 rings (SSSR count). The van der Waals surface area contributed by atoms with E-state index in [1.54, 1.807) is 4.90 Å². The van der Waals surface area contributed by atoms with E-state index in [1.165, 1.54) is 17.3 Å². The number of nitriles is 1. The molecule has 1 saturated heterocycles. The summed E-state index contributed by atoms with van der Waals surface area (Å²) >= 11 is 0. The number of carbonyl (C=O) groups excluding carboxylic acids is 1. The van der Waals surface area contributed by atoms with Crippen LogP contribution < -0.4 is 0 Å². The van der Waals surface area contributed by atoms with Crippen LogP contribution in [0.5, 0.6) is 0 Å². The summed E-state index contributed by atoms with van der Waals surface area (Å²) in [6, 6.07) is 1.87. The molecule has 1 fully saturated rings. The number of aromatic nitrogens is 3. The Morgan fingerprint density at radius 3 is 3.20 bits per heavy atom. The molecule has 2 heterocycles. The molecule has 6 nitrogen and oxygen atoms in total. The summed E-state index contributed by atoms with van der Waals surface area (Å²) < 4.78 is 1.47. The third kappa shape index (κ3) is 1.96. The van der Waals surface area contributed by atoms with Gasteiger partial charge in [-0.1, -0.05) is 0 Å². The Bertz CT molecular complexity index is 380. The highest BCUT2D eigenvalue weighted by Crippen LogP contribution is 2.16. The normalized spacial score (nSPS) is 20.2. The van der Waals surface area contributed by atoms with E-state index < -0.39 is 0 Å². The molecule has 0 bridgehead atoms. The minimum Gasteiger partial charge on any atom is -0.325 e. The van der Waals surface area contributed by atoms with Crippen molar-refractivity contribution in [1.29, 1.82) is 5.26 Å². The monoisotopic (exact) mass is 205 g/mol. The smallest absolute Gasteiger partial charge is 0.245 e. The average Bonchev–Trinajstić information content (AvgIpc) is 2.86. The van der Waals surface area contributed by atoms with Crippen molar-refractivity contribution in [3.63, 3.8) is 0 Å². The van der Waals surface area contributed by atoms with Gasteiger partial charge in [0.1, 0.15) is 25.2 Å². The lowest BCUT2D eigenvalue weighted by Gasteiger charge is -2.18. The number of nitrogens with zero attached hydrogens (tertiary/aromatic N) is 5. The fraction of sp³-hybridized carbons (Fsp3) is 0.556. The van der Waals surface area contributed by atoms with Gasteiger partial charge in [0, 0.05) is 6.54 Å². The minimum atomic E-state index is -0.263. The zero-order valence-corrected chi connectivity index (χ0v) is 8.20. The molecule has 15 heavy (non-hydrogen) atoms. The third-order valence-electron chi connectivity index (χ3n) is 2.49. The zero-order chi connectivity index (χ0) is 10.7. The van der Waals surface area contributed by atoms with E-state index in [1.807, 2.05) is 0 Å². The molecule has 6 heteroatoms. The first-order valence-corrected chi connectivity index (χ1v) is 4.83. The van der Waals surface area contributed by atoms with Crippen LogP contribution in [0.4, 0.5) is 0 Å². The van der Waals surface area contributed by atoms with Gasteiger partial charge in [-0.2, -0.15) is 10.4 Å². The quantitative estimate of drug-likeness (QED) is 0.669. The van der Waals surface area contributed by atoms with E-state index >= 15 is 0 Å². The molecule has 78 valence electrons. The number of carbonyl (C=O) groups is 1. The fourth-order valence-electron chi connectivity index (χ4n) is 1.74. The molecule has 0 saturated carbocycles. The van der Waals surface area contributed by atoms with Gasteiger partial charge in [-0.05, 0) is 12.8 Å². The average molecular weight is 205 g/mol. The predicted molar refractivity (Wildman–Crippen MR) is 50.4 cm³/mol.